The lowest BCUT2D eigenvalue weighted by Crippen LogP contribution is -2.07. The minimum Gasteiger partial charge on any atom is -0.434 e. The fourth-order valence-corrected chi connectivity index (χ4v) is 3.10. The van der Waals surface area contributed by atoms with Gasteiger partial charge in [0.1, 0.15) is 5.75 Å². The van der Waals surface area contributed by atoms with Crippen molar-refractivity contribution in [2.24, 2.45) is 0 Å². The van der Waals surface area contributed by atoms with Crippen LogP contribution in [-0.2, 0) is 6.54 Å². The van der Waals surface area contributed by atoms with Gasteiger partial charge in [-0.25, -0.2) is 0 Å². The minimum absolute atomic E-state index is 0.107. The summed E-state index contributed by atoms with van der Waals surface area (Å²) >= 11 is 12.7. The summed E-state index contributed by atoms with van der Waals surface area (Å²) in [7, 11) is 0. The summed E-state index contributed by atoms with van der Waals surface area (Å²) in [6, 6.07) is 10.2. The number of benzene rings is 2. The lowest BCUT2D eigenvalue weighted by atomic mass is 10.2. The highest BCUT2D eigenvalue weighted by molar-refractivity contribution is 9.11. The van der Waals surface area contributed by atoms with Crippen LogP contribution >= 0.6 is 43.5 Å². The highest BCUT2D eigenvalue weighted by atomic mass is 79.9. The highest BCUT2D eigenvalue weighted by Gasteiger charge is 2.11. The van der Waals surface area contributed by atoms with Crippen molar-refractivity contribution in [3.63, 3.8) is 0 Å². The summed E-state index contributed by atoms with van der Waals surface area (Å²) < 4.78 is 31.0. The van der Waals surface area contributed by atoms with Gasteiger partial charge in [0.15, 0.2) is 0 Å². The molecule has 1 N–H and O–H groups in total. The summed E-state index contributed by atoms with van der Waals surface area (Å²) in [5.41, 5.74) is 1.39. The maximum absolute atomic E-state index is 12.4. The third kappa shape index (κ3) is 4.83. The first-order chi connectivity index (χ1) is 9.95. The molecular formula is C14H10Br2ClF2NO. The van der Waals surface area contributed by atoms with E-state index < -0.39 is 6.61 Å². The maximum atomic E-state index is 12.4. The average molecular weight is 441 g/mol. The number of nitrogens with one attached hydrogen (secondary N) is 1. The fraction of sp³-hybridized carbons (Fsp3) is 0.143. The van der Waals surface area contributed by atoms with Gasteiger partial charge < -0.3 is 10.1 Å². The van der Waals surface area contributed by atoms with Crippen LogP contribution in [0.2, 0.25) is 5.02 Å². The minimum atomic E-state index is -2.87. The molecule has 0 aliphatic rings. The quantitative estimate of drug-likeness (QED) is 0.607. The monoisotopic (exact) mass is 439 g/mol. The van der Waals surface area contributed by atoms with Gasteiger partial charge in [-0.2, -0.15) is 8.78 Å². The normalized spacial score (nSPS) is 10.8. The Hall–Kier alpha value is -0.850. The van der Waals surface area contributed by atoms with Crippen LogP contribution < -0.4 is 10.1 Å². The average Bonchev–Trinajstić information content (AvgIpc) is 2.40. The molecule has 0 fully saturated rings. The molecule has 0 saturated carbocycles. The standard InChI is InChI=1S/C14H10Br2ClF2NO/c15-9-1-3-12(11(16)6-9)20-7-8-5-10(17)2-4-13(8)21-14(18)19/h1-6,14,20H,7H2. The number of ether oxygens (including phenoxy) is 1. The molecule has 0 amide bonds. The van der Waals surface area contributed by atoms with E-state index in [0.717, 1.165) is 14.6 Å². The van der Waals surface area contributed by atoms with Crippen LogP contribution in [0.25, 0.3) is 0 Å². The molecule has 112 valence electrons. The van der Waals surface area contributed by atoms with E-state index in [-0.39, 0.29) is 5.75 Å². The summed E-state index contributed by atoms with van der Waals surface area (Å²) in [5, 5.41) is 3.61. The van der Waals surface area contributed by atoms with Gasteiger partial charge in [-0.05, 0) is 52.3 Å². The van der Waals surface area contributed by atoms with Gasteiger partial charge in [-0.1, -0.05) is 27.5 Å². The first kappa shape index (κ1) is 16.5. The van der Waals surface area contributed by atoms with Crippen molar-refractivity contribution in [1.82, 2.24) is 0 Å². The second kappa shape index (κ2) is 7.42. The Labute approximate surface area is 142 Å². The van der Waals surface area contributed by atoms with Crippen molar-refractivity contribution in [2.45, 2.75) is 13.2 Å². The fourth-order valence-electron chi connectivity index (χ4n) is 1.72. The molecule has 0 bridgehead atoms. The van der Waals surface area contributed by atoms with Gasteiger partial charge in [0, 0.05) is 31.8 Å². The Morgan fingerprint density at radius 2 is 1.90 bits per heavy atom. The second-order valence-electron chi connectivity index (χ2n) is 4.11. The van der Waals surface area contributed by atoms with Gasteiger partial charge in [0.2, 0.25) is 0 Å². The molecule has 0 aliphatic heterocycles. The van der Waals surface area contributed by atoms with Gasteiger partial charge in [0.25, 0.3) is 0 Å². The van der Waals surface area contributed by atoms with Crippen LogP contribution in [0.1, 0.15) is 5.56 Å². The van der Waals surface area contributed by atoms with Crippen molar-refractivity contribution in [3.05, 3.63) is 55.9 Å². The Morgan fingerprint density at radius 3 is 2.57 bits per heavy atom. The zero-order chi connectivity index (χ0) is 15.4. The first-order valence-corrected chi connectivity index (χ1v) is 7.84. The third-order valence-corrected chi connectivity index (χ3v) is 4.02. The molecule has 0 atom stereocenters. The third-order valence-electron chi connectivity index (χ3n) is 2.64. The van der Waals surface area contributed by atoms with Crippen LogP contribution in [0.4, 0.5) is 14.5 Å². The molecule has 21 heavy (non-hydrogen) atoms. The molecule has 2 aromatic carbocycles. The van der Waals surface area contributed by atoms with E-state index in [1.165, 1.54) is 12.1 Å². The van der Waals surface area contributed by atoms with E-state index in [9.17, 15) is 8.78 Å². The van der Waals surface area contributed by atoms with E-state index in [0.29, 0.717) is 17.1 Å². The Morgan fingerprint density at radius 1 is 1.14 bits per heavy atom. The topological polar surface area (TPSA) is 21.3 Å². The van der Waals surface area contributed by atoms with Crippen LogP contribution in [0.3, 0.4) is 0 Å². The number of alkyl halides is 2. The van der Waals surface area contributed by atoms with E-state index in [1.54, 1.807) is 6.07 Å². The molecule has 2 aromatic rings. The van der Waals surface area contributed by atoms with E-state index >= 15 is 0 Å². The van der Waals surface area contributed by atoms with Gasteiger partial charge in [-0.15, -0.1) is 0 Å². The predicted molar refractivity (Wildman–Crippen MR) is 87.3 cm³/mol. The summed E-state index contributed by atoms with van der Waals surface area (Å²) in [5.74, 6) is 0.107. The van der Waals surface area contributed by atoms with Gasteiger partial charge in [0.05, 0.1) is 0 Å². The van der Waals surface area contributed by atoms with Crippen LogP contribution in [0.15, 0.2) is 45.3 Å². The molecule has 0 heterocycles. The zero-order valence-corrected chi connectivity index (χ0v) is 14.5. The Kier molecular flexibility index (Phi) is 5.84. The first-order valence-electron chi connectivity index (χ1n) is 5.88. The summed E-state index contributed by atoms with van der Waals surface area (Å²) in [4.78, 5) is 0. The largest absolute Gasteiger partial charge is 0.434 e. The maximum Gasteiger partial charge on any atom is 0.387 e. The van der Waals surface area contributed by atoms with Crippen LogP contribution in [0.5, 0.6) is 5.75 Å². The molecule has 7 heteroatoms. The number of halogens is 5. The molecule has 0 saturated heterocycles. The predicted octanol–water partition coefficient (Wildman–Crippen LogP) is 6.08. The SMILES string of the molecule is FC(F)Oc1ccc(Cl)cc1CNc1ccc(Br)cc1Br. The Bertz CT molecular complexity index is 640. The lowest BCUT2D eigenvalue weighted by Gasteiger charge is -2.13. The smallest absolute Gasteiger partial charge is 0.387 e. The molecule has 0 aromatic heterocycles. The Balaban J connectivity index is 2.16. The molecule has 0 spiro atoms. The number of anilines is 1. The van der Waals surface area contributed by atoms with Crippen molar-refractivity contribution < 1.29 is 13.5 Å². The van der Waals surface area contributed by atoms with Gasteiger partial charge >= 0.3 is 6.61 Å². The van der Waals surface area contributed by atoms with Crippen LogP contribution in [-0.4, -0.2) is 6.61 Å². The summed E-state index contributed by atoms with van der Waals surface area (Å²) in [6.07, 6.45) is 0. The lowest BCUT2D eigenvalue weighted by molar-refractivity contribution is -0.0504. The van der Waals surface area contributed by atoms with Crippen molar-refractivity contribution >= 4 is 49.1 Å². The van der Waals surface area contributed by atoms with E-state index in [2.05, 4.69) is 41.9 Å². The molecule has 2 nitrogen and oxygen atoms in total. The van der Waals surface area contributed by atoms with Crippen LogP contribution in [0, 0.1) is 0 Å². The number of hydrogen-bond donors (Lipinski definition) is 1. The van der Waals surface area contributed by atoms with Crippen molar-refractivity contribution in [3.8, 4) is 5.75 Å². The van der Waals surface area contributed by atoms with Gasteiger partial charge in [-0.3, -0.25) is 0 Å². The van der Waals surface area contributed by atoms with Crippen molar-refractivity contribution in [2.75, 3.05) is 5.32 Å². The number of rotatable bonds is 5. The molecular weight excluding hydrogens is 431 g/mol. The molecule has 0 aliphatic carbocycles. The van der Waals surface area contributed by atoms with Crippen molar-refractivity contribution in [1.29, 1.82) is 0 Å². The molecule has 0 unspecified atom stereocenters. The second-order valence-corrected chi connectivity index (χ2v) is 6.31. The van der Waals surface area contributed by atoms with E-state index in [1.807, 2.05) is 18.2 Å². The number of hydrogen-bond acceptors (Lipinski definition) is 2. The molecule has 2 rings (SSSR count). The zero-order valence-electron chi connectivity index (χ0n) is 10.5. The highest BCUT2D eigenvalue weighted by Crippen LogP contribution is 2.29. The summed E-state index contributed by atoms with van der Waals surface area (Å²) in [6.45, 7) is -2.56. The molecule has 0 radical (unpaired) electrons. The van der Waals surface area contributed by atoms with E-state index in [4.69, 9.17) is 11.6 Å².